The van der Waals surface area contributed by atoms with Crippen molar-refractivity contribution in [3.05, 3.63) is 0 Å². The summed E-state index contributed by atoms with van der Waals surface area (Å²) in [5.41, 5.74) is 0. The molecule has 0 spiro atoms. The van der Waals surface area contributed by atoms with Gasteiger partial charge in [-0.1, -0.05) is 6.42 Å². The van der Waals surface area contributed by atoms with Crippen LogP contribution in [0.25, 0.3) is 0 Å². The monoisotopic (exact) mass is 170 g/mol. The lowest BCUT2D eigenvalue weighted by molar-refractivity contribution is 0.101. The fraction of sp³-hybridized carbons (Fsp3) is 1.00. The van der Waals surface area contributed by atoms with Crippen LogP contribution < -0.4 is 5.32 Å². The Morgan fingerprint density at radius 1 is 1.33 bits per heavy atom. The van der Waals surface area contributed by atoms with Gasteiger partial charge in [-0.15, -0.1) is 0 Å². The Balaban J connectivity index is 2.33. The first-order valence-electron chi connectivity index (χ1n) is 5.06. The molecule has 0 aliphatic heterocycles. The van der Waals surface area contributed by atoms with Crippen molar-refractivity contribution in [1.82, 2.24) is 10.2 Å². The summed E-state index contributed by atoms with van der Waals surface area (Å²) in [5, 5.41) is 3.31. The van der Waals surface area contributed by atoms with Crippen LogP contribution in [0.15, 0.2) is 0 Å². The Morgan fingerprint density at radius 2 is 1.92 bits per heavy atom. The zero-order valence-corrected chi connectivity index (χ0v) is 8.80. The standard InChI is InChI=1S/C10H22N2/c1-8(11-3)9(2)12(4)10-6-5-7-10/h8-11H,5-7H2,1-4H3. The molecule has 2 unspecified atom stereocenters. The quantitative estimate of drug-likeness (QED) is 0.687. The Morgan fingerprint density at radius 3 is 2.25 bits per heavy atom. The predicted molar refractivity (Wildman–Crippen MR) is 53.4 cm³/mol. The molecule has 2 atom stereocenters. The van der Waals surface area contributed by atoms with Crippen molar-refractivity contribution < 1.29 is 0 Å². The van der Waals surface area contributed by atoms with Gasteiger partial charge in [0.1, 0.15) is 0 Å². The Labute approximate surface area is 76.3 Å². The normalized spacial score (nSPS) is 23.8. The maximum absolute atomic E-state index is 3.31. The average molecular weight is 170 g/mol. The highest BCUT2D eigenvalue weighted by atomic mass is 15.2. The van der Waals surface area contributed by atoms with Gasteiger partial charge in [0.2, 0.25) is 0 Å². The Bertz CT molecular complexity index is 123. The van der Waals surface area contributed by atoms with Crippen LogP contribution in [0.3, 0.4) is 0 Å². The van der Waals surface area contributed by atoms with Gasteiger partial charge in [0, 0.05) is 18.1 Å². The molecule has 2 nitrogen and oxygen atoms in total. The molecule has 12 heavy (non-hydrogen) atoms. The lowest BCUT2D eigenvalue weighted by Crippen LogP contribution is -2.50. The molecule has 0 radical (unpaired) electrons. The van der Waals surface area contributed by atoms with Crippen molar-refractivity contribution in [3.63, 3.8) is 0 Å². The van der Waals surface area contributed by atoms with Crippen molar-refractivity contribution in [3.8, 4) is 0 Å². The second kappa shape index (κ2) is 4.24. The van der Waals surface area contributed by atoms with E-state index in [2.05, 4.69) is 31.1 Å². The smallest absolute Gasteiger partial charge is 0.0218 e. The molecule has 1 aliphatic carbocycles. The third kappa shape index (κ3) is 1.99. The zero-order valence-electron chi connectivity index (χ0n) is 8.80. The highest BCUT2D eigenvalue weighted by molar-refractivity contribution is 4.84. The van der Waals surface area contributed by atoms with E-state index in [1.807, 2.05) is 7.05 Å². The van der Waals surface area contributed by atoms with E-state index < -0.39 is 0 Å². The van der Waals surface area contributed by atoms with E-state index in [-0.39, 0.29) is 0 Å². The van der Waals surface area contributed by atoms with E-state index in [0.29, 0.717) is 12.1 Å². The molecule has 0 aromatic carbocycles. The lowest BCUT2D eigenvalue weighted by atomic mass is 9.90. The average Bonchev–Trinajstić information content (AvgIpc) is 1.98. The number of hydrogen-bond donors (Lipinski definition) is 1. The molecule has 1 aliphatic rings. The Hall–Kier alpha value is -0.0800. The number of nitrogens with one attached hydrogen (secondary N) is 1. The van der Waals surface area contributed by atoms with Crippen molar-refractivity contribution in [1.29, 1.82) is 0 Å². The highest BCUT2D eigenvalue weighted by Gasteiger charge is 2.27. The maximum atomic E-state index is 3.31. The molecule has 1 fully saturated rings. The van der Waals surface area contributed by atoms with Crippen LogP contribution in [0.1, 0.15) is 33.1 Å². The molecule has 0 saturated heterocycles. The fourth-order valence-electron chi connectivity index (χ4n) is 1.72. The van der Waals surface area contributed by atoms with E-state index in [4.69, 9.17) is 0 Å². The van der Waals surface area contributed by atoms with Gasteiger partial charge in [0.15, 0.2) is 0 Å². The van der Waals surface area contributed by atoms with Gasteiger partial charge in [0.05, 0.1) is 0 Å². The number of nitrogens with zero attached hydrogens (tertiary/aromatic N) is 1. The molecule has 0 aromatic rings. The summed E-state index contributed by atoms with van der Waals surface area (Å²) in [6.07, 6.45) is 4.23. The second-order valence-electron chi connectivity index (χ2n) is 4.07. The lowest BCUT2D eigenvalue weighted by Gasteiger charge is -2.40. The molecule has 1 rings (SSSR count). The van der Waals surface area contributed by atoms with Crippen molar-refractivity contribution >= 4 is 0 Å². The third-order valence-corrected chi connectivity index (χ3v) is 3.47. The number of hydrogen-bond acceptors (Lipinski definition) is 2. The van der Waals surface area contributed by atoms with Gasteiger partial charge in [0.25, 0.3) is 0 Å². The van der Waals surface area contributed by atoms with Gasteiger partial charge in [-0.3, -0.25) is 4.90 Å². The van der Waals surface area contributed by atoms with Crippen LogP contribution in [0, 0.1) is 0 Å². The molecular weight excluding hydrogens is 148 g/mol. The second-order valence-corrected chi connectivity index (χ2v) is 4.07. The molecule has 0 bridgehead atoms. The van der Waals surface area contributed by atoms with Crippen LogP contribution in [0.2, 0.25) is 0 Å². The third-order valence-electron chi connectivity index (χ3n) is 3.47. The molecule has 1 N–H and O–H groups in total. The predicted octanol–water partition coefficient (Wildman–Crippen LogP) is 1.47. The van der Waals surface area contributed by atoms with E-state index in [9.17, 15) is 0 Å². The van der Waals surface area contributed by atoms with Gasteiger partial charge in [-0.2, -0.15) is 0 Å². The van der Waals surface area contributed by atoms with Gasteiger partial charge >= 0.3 is 0 Å². The summed E-state index contributed by atoms with van der Waals surface area (Å²) < 4.78 is 0. The minimum atomic E-state index is 0.593. The summed E-state index contributed by atoms with van der Waals surface area (Å²) in [4.78, 5) is 2.52. The number of likely N-dealkylation sites (N-methyl/N-ethyl adjacent to an activating group) is 2. The van der Waals surface area contributed by atoms with Crippen molar-refractivity contribution in [2.24, 2.45) is 0 Å². The van der Waals surface area contributed by atoms with Crippen molar-refractivity contribution in [2.45, 2.75) is 51.2 Å². The van der Waals surface area contributed by atoms with Crippen LogP contribution >= 0.6 is 0 Å². The first-order valence-corrected chi connectivity index (χ1v) is 5.06. The van der Waals surface area contributed by atoms with Crippen LogP contribution in [-0.4, -0.2) is 37.1 Å². The van der Waals surface area contributed by atoms with E-state index in [1.165, 1.54) is 19.3 Å². The minimum absolute atomic E-state index is 0.593. The fourth-order valence-corrected chi connectivity index (χ4v) is 1.72. The molecule has 2 heteroatoms. The van der Waals surface area contributed by atoms with Gasteiger partial charge in [-0.25, -0.2) is 0 Å². The first-order chi connectivity index (χ1) is 5.66. The SMILES string of the molecule is CNC(C)C(C)N(C)C1CCC1. The van der Waals surface area contributed by atoms with Crippen LogP contribution in [0.5, 0.6) is 0 Å². The summed E-state index contributed by atoms with van der Waals surface area (Å²) in [5.74, 6) is 0. The first kappa shape index (κ1) is 10.0. The highest BCUT2D eigenvalue weighted by Crippen LogP contribution is 2.25. The summed E-state index contributed by atoms with van der Waals surface area (Å²) in [7, 11) is 4.29. The van der Waals surface area contributed by atoms with Crippen LogP contribution in [0.4, 0.5) is 0 Å². The molecular formula is C10H22N2. The molecule has 72 valence electrons. The van der Waals surface area contributed by atoms with E-state index >= 15 is 0 Å². The molecule has 0 heterocycles. The topological polar surface area (TPSA) is 15.3 Å². The van der Waals surface area contributed by atoms with Gasteiger partial charge < -0.3 is 5.32 Å². The van der Waals surface area contributed by atoms with E-state index in [1.54, 1.807) is 0 Å². The minimum Gasteiger partial charge on any atom is -0.316 e. The van der Waals surface area contributed by atoms with Gasteiger partial charge in [-0.05, 0) is 40.8 Å². The summed E-state index contributed by atoms with van der Waals surface area (Å²) in [6.45, 7) is 4.55. The summed E-state index contributed by atoms with van der Waals surface area (Å²) >= 11 is 0. The molecule has 1 saturated carbocycles. The summed E-state index contributed by atoms with van der Waals surface area (Å²) in [6, 6.07) is 2.10. The zero-order chi connectivity index (χ0) is 9.14. The molecule has 0 amide bonds. The number of rotatable bonds is 4. The van der Waals surface area contributed by atoms with E-state index in [0.717, 1.165) is 6.04 Å². The molecule has 0 aromatic heterocycles. The van der Waals surface area contributed by atoms with Crippen molar-refractivity contribution in [2.75, 3.05) is 14.1 Å². The van der Waals surface area contributed by atoms with Crippen LogP contribution in [-0.2, 0) is 0 Å². The maximum Gasteiger partial charge on any atom is 0.0218 e. The largest absolute Gasteiger partial charge is 0.316 e. The Kier molecular flexibility index (Phi) is 3.53.